The zero-order valence-electron chi connectivity index (χ0n) is 12.4. The van der Waals surface area contributed by atoms with Crippen molar-refractivity contribution in [1.29, 1.82) is 0 Å². The maximum Gasteiger partial charge on any atom is 0.0237 e. The maximum atomic E-state index is 3.56. The van der Waals surface area contributed by atoms with E-state index in [-0.39, 0.29) is 0 Å². The molecule has 2 unspecified atom stereocenters. The largest absolute Gasteiger partial charge is 0.316 e. The van der Waals surface area contributed by atoms with Gasteiger partial charge in [-0.1, -0.05) is 20.8 Å². The first-order chi connectivity index (χ1) is 8.63. The van der Waals surface area contributed by atoms with Crippen molar-refractivity contribution in [3.05, 3.63) is 0 Å². The normalized spacial score (nSPS) is 32.7. The van der Waals surface area contributed by atoms with Crippen LogP contribution in [-0.2, 0) is 0 Å². The zero-order valence-corrected chi connectivity index (χ0v) is 13.2. The van der Waals surface area contributed by atoms with Crippen molar-refractivity contribution in [2.45, 2.75) is 46.1 Å². The summed E-state index contributed by atoms with van der Waals surface area (Å²) in [6.45, 7) is 12.3. The Kier molecular flexibility index (Phi) is 5.40. The van der Waals surface area contributed by atoms with Gasteiger partial charge in [-0.3, -0.25) is 4.90 Å². The second kappa shape index (κ2) is 6.62. The van der Waals surface area contributed by atoms with Crippen LogP contribution < -0.4 is 5.32 Å². The van der Waals surface area contributed by atoms with Crippen molar-refractivity contribution in [2.75, 3.05) is 37.7 Å². The first kappa shape index (κ1) is 14.7. The Balaban J connectivity index is 1.93. The number of hydrogen-bond acceptors (Lipinski definition) is 3. The van der Waals surface area contributed by atoms with Gasteiger partial charge in [-0.15, -0.1) is 0 Å². The monoisotopic (exact) mass is 270 g/mol. The van der Waals surface area contributed by atoms with Gasteiger partial charge >= 0.3 is 0 Å². The molecule has 2 nitrogen and oxygen atoms in total. The van der Waals surface area contributed by atoms with E-state index in [1.807, 2.05) is 0 Å². The van der Waals surface area contributed by atoms with Gasteiger partial charge in [0.25, 0.3) is 0 Å². The maximum absolute atomic E-state index is 3.56. The van der Waals surface area contributed by atoms with Crippen LogP contribution in [0.2, 0.25) is 0 Å². The quantitative estimate of drug-likeness (QED) is 0.846. The van der Waals surface area contributed by atoms with Gasteiger partial charge in [0.2, 0.25) is 0 Å². The van der Waals surface area contributed by atoms with E-state index < -0.39 is 0 Å². The molecule has 2 fully saturated rings. The van der Waals surface area contributed by atoms with Crippen LogP contribution in [0.5, 0.6) is 0 Å². The third-order valence-corrected chi connectivity index (χ3v) is 5.85. The van der Waals surface area contributed by atoms with Crippen LogP contribution in [0.25, 0.3) is 0 Å². The van der Waals surface area contributed by atoms with E-state index in [1.54, 1.807) is 0 Å². The lowest BCUT2D eigenvalue weighted by molar-refractivity contribution is 0.0818. The van der Waals surface area contributed by atoms with E-state index in [1.165, 1.54) is 56.9 Å². The molecule has 2 saturated heterocycles. The minimum atomic E-state index is 0.503. The first-order valence-corrected chi connectivity index (χ1v) is 8.81. The standard InChI is InChI=1S/C15H30N2S/c1-4-17(11-13-6-5-8-16-10-13)14-12-18-9-7-15(14,2)3/h13-14,16H,4-12H2,1-3H3. The number of hydrogen-bond donors (Lipinski definition) is 1. The Labute approximate surface area is 117 Å². The van der Waals surface area contributed by atoms with Gasteiger partial charge < -0.3 is 5.32 Å². The van der Waals surface area contributed by atoms with E-state index in [0.29, 0.717) is 5.41 Å². The highest BCUT2D eigenvalue weighted by molar-refractivity contribution is 7.99. The molecule has 0 aromatic heterocycles. The molecule has 0 saturated carbocycles. The third-order valence-electron chi connectivity index (χ3n) is 4.81. The summed E-state index contributed by atoms with van der Waals surface area (Å²) in [6, 6.07) is 0.781. The fourth-order valence-corrected chi connectivity index (χ4v) is 5.13. The van der Waals surface area contributed by atoms with E-state index in [4.69, 9.17) is 0 Å². The molecular formula is C15H30N2S. The fourth-order valence-electron chi connectivity index (χ4n) is 3.41. The summed E-state index contributed by atoms with van der Waals surface area (Å²) in [5.41, 5.74) is 0.503. The molecule has 2 aliphatic rings. The molecule has 0 amide bonds. The molecule has 3 heteroatoms. The molecule has 0 aromatic rings. The molecule has 0 radical (unpaired) electrons. The summed E-state index contributed by atoms with van der Waals surface area (Å²) in [6.07, 6.45) is 4.16. The fraction of sp³-hybridized carbons (Fsp3) is 1.00. The van der Waals surface area contributed by atoms with Crippen LogP contribution >= 0.6 is 11.8 Å². The van der Waals surface area contributed by atoms with Gasteiger partial charge in [-0.25, -0.2) is 0 Å². The highest BCUT2D eigenvalue weighted by Gasteiger charge is 2.36. The van der Waals surface area contributed by atoms with E-state index in [0.717, 1.165) is 12.0 Å². The topological polar surface area (TPSA) is 15.3 Å². The molecule has 18 heavy (non-hydrogen) atoms. The summed E-state index contributed by atoms with van der Waals surface area (Å²) >= 11 is 2.15. The van der Waals surface area contributed by atoms with Crippen molar-refractivity contribution >= 4 is 11.8 Å². The zero-order chi connectivity index (χ0) is 13.0. The van der Waals surface area contributed by atoms with Crippen molar-refractivity contribution in [3.63, 3.8) is 0 Å². The van der Waals surface area contributed by atoms with Crippen LogP contribution in [0, 0.1) is 11.3 Å². The average Bonchev–Trinajstić information content (AvgIpc) is 2.37. The Morgan fingerprint density at radius 1 is 1.39 bits per heavy atom. The number of nitrogens with one attached hydrogen (secondary N) is 1. The molecule has 0 bridgehead atoms. The molecule has 0 aromatic carbocycles. The van der Waals surface area contributed by atoms with E-state index in [2.05, 4.69) is 42.7 Å². The number of nitrogens with zero attached hydrogens (tertiary/aromatic N) is 1. The Morgan fingerprint density at radius 2 is 2.22 bits per heavy atom. The molecule has 1 N–H and O–H groups in total. The molecule has 0 spiro atoms. The molecule has 2 aliphatic heterocycles. The van der Waals surface area contributed by atoms with Crippen LogP contribution in [0.15, 0.2) is 0 Å². The van der Waals surface area contributed by atoms with Crippen molar-refractivity contribution in [3.8, 4) is 0 Å². The Morgan fingerprint density at radius 3 is 2.83 bits per heavy atom. The molecule has 0 aliphatic carbocycles. The predicted molar refractivity (Wildman–Crippen MR) is 82.4 cm³/mol. The SMILES string of the molecule is CCN(CC1CCCNC1)C1CSCCC1(C)C. The van der Waals surface area contributed by atoms with Crippen molar-refractivity contribution < 1.29 is 0 Å². The summed E-state index contributed by atoms with van der Waals surface area (Å²) in [5, 5.41) is 3.56. The number of piperidine rings is 1. The summed E-state index contributed by atoms with van der Waals surface area (Å²) in [5.74, 6) is 3.56. The highest BCUT2D eigenvalue weighted by atomic mass is 32.2. The molecule has 2 heterocycles. The second-order valence-corrected chi connectivity index (χ2v) is 7.78. The number of thioether (sulfide) groups is 1. The lowest BCUT2D eigenvalue weighted by Crippen LogP contribution is -2.51. The van der Waals surface area contributed by atoms with Crippen molar-refractivity contribution in [1.82, 2.24) is 10.2 Å². The lowest BCUT2D eigenvalue weighted by atomic mass is 9.81. The van der Waals surface area contributed by atoms with Gasteiger partial charge in [0, 0.05) is 18.3 Å². The molecule has 106 valence electrons. The second-order valence-electron chi connectivity index (χ2n) is 6.63. The summed E-state index contributed by atoms with van der Waals surface area (Å²) in [7, 11) is 0. The van der Waals surface area contributed by atoms with E-state index in [9.17, 15) is 0 Å². The summed E-state index contributed by atoms with van der Waals surface area (Å²) < 4.78 is 0. The van der Waals surface area contributed by atoms with Crippen LogP contribution in [-0.4, -0.2) is 48.6 Å². The molecular weight excluding hydrogens is 240 g/mol. The van der Waals surface area contributed by atoms with Gasteiger partial charge in [-0.2, -0.15) is 11.8 Å². The van der Waals surface area contributed by atoms with Crippen molar-refractivity contribution in [2.24, 2.45) is 11.3 Å². The van der Waals surface area contributed by atoms with E-state index >= 15 is 0 Å². The average molecular weight is 270 g/mol. The molecule has 2 atom stereocenters. The van der Waals surface area contributed by atoms with Gasteiger partial charge in [-0.05, 0) is 56.0 Å². The number of rotatable bonds is 4. The first-order valence-electron chi connectivity index (χ1n) is 7.66. The van der Waals surface area contributed by atoms with Gasteiger partial charge in [0.15, 0.2) is 0 Å². The minimum absolute atomic E-state index is 0.503. The smallest absolute Gasteiger partial charge is 0.0237 e. The van der Waals surface area contributed by atoms with Crippen LogP contribution in [0.4, 0.5) is 0 Å². The molecule has 2 rings (SSSR count). The Hall–Kier alpha value is 0.270. The predicted octanol–water partition coefficient (Wildman–Crippen LogP) is 2.84. The van der Waals surface area contributed by atoms with Crippen LogP contribution in [0.1, 0.15) is 40.0 Å². The Bertz CT molecular complexity index is 249. The summed E-state index contributed by atoms with van der Waals surface area (Å²) in [4.78, 5) is 2.77. The van der Waals surface area contributed by atoms with Gasteiger partial charge in [0.1, 0.15) is 0 Å². The van der Waals surface area contributed by atoms with Gasteiger partial charge in [0.05, 0.1) is 0 Å². The highest BCUT2D eigenvalue weighted by Crippen LogP contribution is 2.37. The van der Waals surface area contributed by atoms with Crippen LogP contribution in [0.3, 0.4) is 0 Å². The third kappa shape index (κ3) is 3.64. The lowest BCUT2D eigenvalue weighted by Gasteiger charge is -2.46. The minimum Gasteiger partial charge on any atom is -0.316 e.